The molecule has 0 unspecified atom stereocenters. The minimum absolute atomic E-state index is 0.111. The highest BCUT2D eigenvalue weighted by Crippen LogP contribution is 2.21. The molecule has 29 heavy (non-hydrogen) atoms. The quantitative estimate of drug-likeness (QED) is 0.564. The maximum atomic E-state index is 13.3. The second-order valence-corrected chi connectivity index (χ2v) is 6.18. The summed E-state index contributed by atoms with van der Waals surface area (Å²) in [4.78, 5) is 29.1. The van der Waals surface area contributed by atoms with Gasteiger partial charge in [0.25, 0.3) is 11.4 Å². The van der Waals surface area contributed by atoms with E-state index in [-0.39, 0.29) is 12.4 Å². The number of halogens is 1. The fourth-order valence-corrected chi connectivity index (χ4v) is 2.81. The molecule has 0 aliphatic heterocycles. The molecule has 0 bridgehead atoms. The smallest absolute Gasteiger partial charge is 0.274 e. The first-order chi connectivity index (χ1) is 14.1. The molecule has 0 spiro atoms. The van der Waals surface area contributed by atoms with E-state index < -0.39 is 17.3 Å². The highest BCUT2D eigenvalue weighted by molar-refractivity contribution is 5.90. The zero-order valence-electron chi connectivity index (χ0n) is 15.1. The predicted octanol–water partition coefficient (Wildman–Crippen LogP) is 3.34. The minimum atomic E-state index is -0.493. The van der Waals surface area contributed by atoms with Crippen molar-refractivity contribution in [3.05, 3.63) is 89.0 Å². The normalized spacial score (nSPS) is 10.7. The lowest BCUT2D eigenvalue weighted by atomic mass is 10.2. The number of aromatic nitrogens is 3. The molecule has 0 atom stereocenters. The third-order valence-corrected chi connectivity index (χ3v) is 4.14. The Morgan fingerprint density at radius 3 is 2.62 bits per heavy atom. The summed E-state index contributed by atoms with van der Waals surface area (Å²) in [6, 6.07) is 19.2. The number of carbonyl (C=O) groups excluding carboxylic acids is 1. The van der Waals surface area contributed by atoms with Gasteiger partial charge in [-0.05, 0) is 24.3 Å². The number of nitrogens with one attached hydrogen (secondary N) is 1. The topological polar surface area (TPSA) is 90.0 Å². The Morgan fingerprint density at radius 2 is 1.83 bits per heavy atom. The zero-order valence-corrected chi connectivity index (χ0v) is 15.1. The molecule has 144 valence electrons. The van der Waals surface area contributed by atoms with Crippen LogP contribution in [0.25, 0.3) is 23.0 Å². The zero-order chi connectivity index (χ0) is 20.2. The number of carbonyl (C=O) groups is 1. The predicted molar refractivity (Wildman–Crippen MR) is 104 cm³/mol. The molecular formula is C21H15FN4O3. The molecule has 4 aromatic rings. The second-order valence-electron chi connectivity index (χ2n) is 6.18. The van der Waals surface area contributed by atoms with Gasteiger partial charge in [-0.25, -0.2) is 4.39 Å². The SMILES string of the molecule is O=C(Cn1c(-c2nc(-c3ccccc3)no2)cccc1=O)Nc1cccc(F)c1. The van der Waals surface area contributed by atoms with E-state index in [0.29, 0.717) is 17.2 Å². The van der Waals surface area contributed by atoms with Crippen molar-refractivity contribution in [3.63, 3.8) is 0 Å². The van der Waals surface area contributed by atoms with Crippen LogP contribution in [0.3, 0.4) is 0 Å². The molecule has 0 radical (unpaired) electrons. The van der Waals surface area contributed by atoms with Crippen LogP contribution in [0.2, 0.25) is 0 Å². The molecule has 2 aromatic heterocycles. The molecule has 2 aromatic carbocycles. The summed E-state index contributed by atoms with van der Waals surface area (Å²) in [6.45, 7) is -0.297. The molecule has 1 amide bonds. The van der Waals surface area contributed by atoms with E-state index in [1.165, 1.54) is 28.8 Å². The van der Waals surface area contributed by atoms with E-state index in [0.717, 1.165) is 5.56 Å². The molecule has 0 saturated carbocycles. The lowest BCUT2D eigenvalue weighted by molar-refractivity contribution is -0.116. The van der Waals surface area contributed by atoms with Crippen molar-refractivity contribution in [3.8, 4) is 23.0 Å². The first-order valence-electron chi connectivity index (χ1n) is 8.75. The molecule has 1 N–H and O–H groups in total. The molecule has 4 rings (SSSR count). The van der Waals surface area contributed by atoms with Crippen LogP contribution in [0.4, 0.5) is 10.1 Å². The third-order valence-electron chi connectivity index (χ3n) is 4.14. The van der Waals surface area contributed by atoms with E-state index in [2.05, 4.69) is 15.5 Å². The number of nitrogens with zero attached hydrogens (tertiary/aromatic N) is 3. The molecule has 0 saturated heterocycles. The largest absolute Gasteiger partial charge is 0.332 e. The van der Waals surface area contributed by atoms with Gasteiger partial charge in [0.15, 0.2) is 0 Å². The van der Waals surface area contributed by atoms with E-state index in [1.807, 2.05) is 30.3 Å². The summed E-state index contributed by atoms with van der Waals surface area (Å²) in [7, 11) is 0. The van der Waals surface area contributed by atoms with Crippen molar-refractivity contribution in [1.29, 1.82) is 0 Å². The van der Waals surface area contributed by atoms with Crippen LogP contribution < -0.4 is 10.9 Å². The summed E-state index contributed by atoms with van der Waals surface area (Å²) in [6.07, 6.45) is 0. The highest BCUT2D eigenvalue weighted by atomic mass is 19.1. The lowest BCUT2D eigenvalue weighted by Gasteiger charge is -2.10. The van der Waals surface area contributed by atoms with Crippen molar-refractivity contribution < 1.29 is 13.7 Å². The summed E-state index contributed by atoms with van der Waals surface area (Å²) in [5, 5.41) is 6.51. The first-order valence-corrected chi connectivity index (χ1v) is 8.75. The lowest BCUT2D eigenvalue weighted by Crippen LogP contribution is -2.28. The maximum Gasteiger partial charge on any atom is 0.274 e. The monoisotopic (exact) mass is 390 g/mol. The van der Waals surface area contributed by atoms with Crippen molar-refractivity contribution >= 4 is 11.6 Å². The number of pyridine rings is 1. The Morgan fingerprint density at radius 1 is 1.03 bits per heavy atom. The summed E-state index contributed by atoms with van der Waals surface area (Å²) in [5.74, 6) is -0.486. The van der Waals surface area contributed by atoms with Gasteiger partial charge in [0.2, 0.25) is 11.7 Å². The fraction of sp³-hybridized carbons (Fsp3) is 0.0476. The molecular weight excluding hydrogens is 375 g/mol. The van der Waals surface area contributed by atoms with Crippen molar-refractivity contribution in [2.24, 2.45) is 0 Å². The van der Waals surface area contributed by atoms with E-state index in [4.69, 9.17) is 4.52 Å². The van der Waals surface area contributed by atoms with Gasteiger partial charge in [-0.15, -0.1) is 0 Å². The Hall–Kier alpha value is -4.07. The van der Waals surface area contributed by atoms with Gasteiger partial charge in [0, 0.05) is 17.3 Å². The molecule has 2 heterocycles. The van der Waals surface area contributed by atoms with Gasteiger partial charge in [0.05, 0.1) is 0 Å². The van der Waals surface area contributed by atoms with E-state index >= 15 is 0 Å². The van der Waals surface area contributed by atoms with E-state index in [9.17, 15) is 14.0 Å². The average molecular weight is 390 g/mol. The van der Waals surface area contributed by atoms with Crippen LogP contribution in [-0.4, -0.2) is 20.6 Å². The number of amides is 1. The standard InChI is InChI=1S/C21H15FN4O3/c22-15-8-4-9-16(12-15)23-18(27)13-26-17(10-5-11-19(26)28)21-24-20(25-29-21)14-6-2-1-3-7-14/h1-12H,13H2,(H,23,27). The fourth-order valence-electron chi connectivity index (χ4n) is 2.81. The second kappa shape index (κ2) is 7.89. The van der Waals surface area contributed by atoms with E-state index in [1.54, 1.807) is 18.2 Å². The minimum Gasteiger partial charge on any atom is -0.332 e. The number of rotatable bonds is 5. The highest BCUT2D eigenvalue weighted by Gasteiger charge is 2.16. The Labute approximate surface area is 164 Å². The molecule has 0 aliphatic carbocycles. The van der Waals surface area contributed by atoms with Gasteiger partial charge < -0.3 is 9.84 Å². The van der Waals surface area contributed by atoms with Gasteiger partial charge >= 0.3 is 0 Å². The summed E-state index contributed by atoms with van der Waals surface area (Å²) in [5.41, 5.74) is 0.957. The average Bonchev–Trinajstić information content (AvgIpc) is 3.20. The van der Waals surface area contributed by atoms with Gasteiger partial charge in [-0.1, -0.05) is 47.6 Å². The van der Waals surface area contributed by atoms with Crippen LogP contribution in [0.15, 0.2) is 82.1 Å². The van der Waals surface area contributed by atoms with Crippen LogP contribution in [-0.2, 0) is 11.3 Å². The van der Waals surface area contributed by atoms with Crippen LogP contribution in [0.1, 0.15) is 0 Å². The van der Waals surface area contributed by atoms with Crippen LogP contribution >= 0.6 is 0 Å². The molecule has 8 heteroatoms. The summed E-state index contributed by atoms with van der Waals surface area (Å²) < 4.78 is 19.8. The maximum absolute atomic E-state index is 13.3. The Bertz CT molecular complexity index is 1220. The Kier molecular flexibility index (Phi) is 4.98. The first kappa shape index (κ1) is 18.3. The molecule has 7 nitrogen and oxygen atoms in total. The van der Waals surface area contributed by atoms with Gasteiger partial charge in [0.1, 0.15) is 18.1 Å². The number of benzene rings is 2. The number of hydrogen-bond donors (Lipinski definition) is 1. The summed E-state index contributed by atoms with van der Waals surface area (Å²) >= 11 is 0. The van der Waals surface area contributed by atoms with Crippen LogP contribution in [0.5, 0.6) is 0 Å². The van der Waals surface area contributed by atoms with Gasteiger partial charge in [-0.2, -0.15) is 4.98 Å². The number of hydrogen-bond acceptors (Lipinski definition) is 5. The van der Waals surface area contributed by atoms with Crippen LogP contribution in [0, 0.1) is 5.82 Å². The molecule has 0 fully saturated rings. The van der Waals surface area contributed by atoms with Gasteiger partial charge in [-0.3, -0.25) is 14.2 Å². The number of anilines is 1. The molecule has 0 aliphatic rings. The third kappa shape index (κ3) is 4.11. The Balaban J connectivity index is 1.62. The van der Waals surface area contributed by atoms with Crippen molar-refractivity contribution in [2.75, 3.05) is 5.32 Å². The van der Waals surface area contributed by atoms with Crippen molar-refractivity contribution in [2.45, 2.75) is 6.54 Å². The van der Waals surface area contributed by atoms with Crippen molar-refractivity contribution in [1.82, 2.24) is 14.7 Å².